The van der Waals surface area contributed by atoms with Gasteiger partial charge in [-0.25, -0.2) is 0 Å². The number of anilines is 2. The Morgan fingerprint density at radius 2 is 2.00 bits per heavy atom. The summed E-state index contributed by atoms with van der Waals surface area (Å²) in [6.45, 7) is 2.85. The van der Waals surface area contributed by atoms with Crippen molar-refractivity contribution in [1.29, 1.82) is 0 Å². The third-order valence-electron chi connectivity index (χ3n) is 4.75. The summed E-state index contributed by atoms with van der Waals surface area (Å²) in [5.74, 6) is 3.41. The maximum Gasteiger partial charge on any atom is 0.128 e. The van der Waals surface area contributed by atoms with Gasteiger partial charge in [-0.2, -0.15) is 11.8 Å². The van der Waals surface area contributed by atoms with Gasteiger partial charge in [0.15, 0.2) is 0 Å². The van der Waals surface area contributed by atoms with Gasteiger partial charge >= 0.3 is 0 Å². The number of para-hydroxylation sites is 2. The molecular formula is C20H23N3S. The van der Waals surface area contributed by atoms with Crippen LogP contribution in [0.1, 0.15) is 24.0 Å². The standard InChI is InChI=1S/C20H23N3S/c1-15-6-4-7-16(12-15)13-21-19-20(10-5-11-24-14-20)23-18-9-3-2-8-17(18)22-19/h2-4,6-9,12,23H,5,10-11,13-14H2,1H3,(H,21,22). The maximum absolute atomic E-state index is 5.00. The molecule has 2 aliphatic rings. The van der Waals surface area contributed by atoms with Crippen molar-refractivity contribution in [3.05, 3.63) is 59.7 Å². The normalized spacial score (nSPS) is 24.3. The lowest BCUT2D eigenvalue weighted by Crippen LogP contribution is -2.56. The molecule has 0 aromatic heterocycles. The van der Waals surface area contributed by atoms with Crippen molar-refractivity contribution >= 4 is 29.0 Å². The lowest BCUT2D eigenvalue weighted by atomic mass is 9.90. The van der Waals surface area contributed by atoms with Gasteiger partial charge in [-0.3, -0.25) is 4.99 Å². The van der Waals surface area contributed by atoms with Crippen molar-refractivity contribution in [1.82, 2.24) is 0 Å². The van der Waals surface area contributed by atoms with Gasteiger partial charge in [-0.15, -0.1) is 0 Å². The van der Waals surface area contributed by atoms with E-state index in [0.717, 1.165) is 30.2 Å². The van der Waals surface area contributed by atoms with Crippen LogP contribution < -0.4 is 10.6 Å². The molecule has 0 radical (unpaired) electrons. The zero-order valence-electron chi connectivity index (χ0n) is 14.0. The van der Waals surface area contributed by atoms with Crippen LogP contribution in [-0.2, 0) is 6.54 Å². The van der Waals surface area contributed by atoms with E-state index in [1.807, 2.05) is 11.8 Å². The van der Waals surface area contributed by atoms with E-state index in [4.69, 9.17) is 4.99 Å². The molecule has 2 N–H and O–H groups in total. The van der Waals surface area contributed by atoms with Gasteiger partial charge in [-0.05, 0) is 43.2 Å². The third kappa shape index (κ3) is 3.03. The number of hydrogen-bond acceptors (Lipinski definition) is 3. The molecule has 4 rings (SSSR count). The van der Waals surface area contributed by atoms with Crippen LogP contribution in [0.4, 0.5) is 11.4 Å². The van der Waals surface area contributed by atoms with E-state index in [1.165, 1.54) is 29.0 Å². The average Bonchev–Trinajstić information content (AvgIpc) is 2.61. The molecule has 0 amide bonds. The van der Waals surface area contributed by atoms with E-state index < -0.39 is 0 Å². The van der Waals surface area contributed by atoms with Crippen LogP contribution in [0, 0.1) is 6.92 Å². The van der Waals surface area contributed by atoms with E-state index in [0.29, 0.717) is 0 Å². The van der Waals surface area contributed by atoms with Gasteiger partial charge in [0, 0.05) is 5.75 Å². The minimum Gasteiger partial charge on any atom is -0.370 e. The highest BCUT2D eigenvalue weighted by molar-refractivity contribution is 7.99. The SMILES string of the molecule is Cc1cccc(CN=C2Nc3ccccc3NC23CCCSC3)c1. The quantitative estimate of drug-likeness (QED) is 0.834. The van der Waals surface area contributed by atoms with Crippen LogP contribution in [0.3, 0.4) is 0 Å². The summed E-state index contributed by atoms with van der Waals surface area (Å²) in [6, 6.07) is 17.0. The summed E-state index contributed by atoms with van der Waals surface area (Å²) < 4.78 is 0. The van der Waals surface area contributed by atoms with Gasteiger partial charge in [0.25, 0.3) is 0 Å². The first kappa shape index (κ1) is 15.6. The summed E-state index contributed by atoms with van der Waals surface area (Å²) in [4.78, 5) is 5.00. The fourth-order valence-corrected chi connectivity index (χ4v) is 4.71. The van der Waals surface area contributed by atoms with E-state index in [1.54, 1.807) is 0 Å². The highest BCUT2D eigenvalue weighted by Gasteiger charge is 2.41. The van der Waals surface area contributed by atoms with Crippen LogP contribution >= 0.6 is 11.8 Å². The predicted molar refractivity (Wildman–Crippen MR) is 105 cm³/mol. The van der Waals surface area contributed by atoms with E-state index in [-0.39, 0.29) is 5.54 Å². The molecule has 1 atom stereocenters. The van der Waals surface area contributed by atoms with Gasteiger partial charge in [-0.1, -0.05) is 42.0 Å². The Kier molecular flexibility index (Phi) is 4.23. The molecule has 2 aromatic rings. The molecule has 1 unspecified atom stereocenters. The Bertz CT molecular complexity index is 763. The van der Waals surface area contributed by atoms with Crippen LogP contribution in [0.2, 0.25) is 0 Å². The number of nitrogens with one attached hydrogen (secondary N) is 2. The molecule has 2 heterocycles. The van der Waals surface area contributed by atoms with Crippen molar-refractivity contribution in [2.24, 2.45) is 4.99 Å². The summed E-state index contributed by atoms with van der Waals surface area (Å²) in [5.41, 5.74) is 4.81. The highest BCUT2D eigenvalue weighted by atomic mass is 32.2. The molecule has 4 heteroatoms. The maximum atomic E-state index is 5.00. The van der Waals surface area contributed by atoms with Gasteiger partial charge in [0.05, 0.1) is 17.9 Å². The highest BCUT2D eigenvalue weighted by Crippen LogP contribution is 2.38. The van der Waals surface area contributed by atoms with Crippen molar-refractivity contribution in [2.45, 2.75) is 31.8 Å². The second-order valence-electron chi connectivity index (χ2n) is 6.69. The Labute approximate surface area is 148 Å². The molecule has 3 nitrogen and oxygen atoms in total. The minimum absolute atomic E-state index is 0.0545. The first-order valence-corrected chi connectivity index (χ1v) is 9.73. The molecular weight excluding hydrogens is 314 g/mol. The summed E-state index contributed by atoms with van der Waals surface area (Å²) >= 11 is 2.02. The number of benzene rings is 2. The van der Waals surface area contributed by atoms with Crippen LogP contribution in [0.15, 0.2) is 53.5 Å². The second kappa shape index (κ2) is 6.52. The van der Waals surface area contributed by atoms with Crippen molar-refractivity contribution < 1.29 is 0 Å². The Morgan fingerprint density at radius 3 is 2.79 bits per heavy atom. The first-order chi connectivity index (χ1) is 11.8. The monoisotopic (exact) mass is 337 g/mol. The Morgan fingerprint density at radius 1 is 1.12 bits per heavy atom. The molecule has 24 heavy (non-hydrogen) atoms. The van der Waals surface area contributed by atoms with Crippen LogP contribution in [0.25, 0.3) is 0 Å². The number of nitrogens with zero attached hydrogens (tertiary/aromatic N) is 1. The molecule has 0 saturated carbocycles. The van der Waals surface area contributed by atoms with Crippen LogP contribution in [-0.4, -0.2) is 22.9 Å². The van der Waals surface area contributed by atoms with Crippen molar-refractivity contribution in [3.8, 4) is 0 Å². The smallest absolute Gasteiger partial charge is 0.128 e. The van der Waals surface area contributed by atoms with E-state index in [2.05, 4.69) is 66.1 Å². The molecule has 1 spiro atoms. The largest absolute Gasteiger partial charge is 0.370 e. The number of aliphatic imine (C=N–C) groups is 1. The van der Waals surface area contributed by atoms with Gasteiger partial charge in [0.2, 0.25) is 0 Å². The minimum atomic E-state index is -0.0545. The average molecular weight is 337 g/mol. The third-order valence-corrected chi connectivity index (χ3v) is 6.02. The topological polar surface area (TPSA) is 36.4 Å². The molecule has 1 fully saturated rings. The number of fused-ring (bicyclic) bond motifs is 1. The predicted octanol–water partition coefficient (Wildman–Crippen LogP) is 4.70. The molecule has 0 aliphatic carbocycles. The Balaban J connectivity index is 1.66. The fourth-order valence-electron chi connectivity index (χ4n) is 3.52. The zero-order valence-corrected chi connectivity index (χ0v) is 14.8. The molecule has 2 aliphatic heterocycles. The van der Waals surface area contributed by atoms with E-state index >= 15 is 0 Å². The van der Waals surface area contributed by atoms with Crippen LogP contribution in [0.5, 0.6) is 0 Å². The molecule has 124 valence electrons. The molecule has 1 saturated heterocycles. The molecule has 2 aromatic carbocycles. The summed E-state index contributed by atoms with van der Waals surface area (Å²) in [5, 5.41) is 7.41. The summed E-state index contributed by atoms with van der Waals surface area (Å²) in [6.07, 6.45) is 2.36. The van der Waals surface area contributed by atoms with E-state index in [9.17, 15) is 0 Å². The van der Waals surface area contributed by atoms with Crippen molar-refractivity contribution in [3.63, 3.8) is 0 Å². The lowest BCUT2D eigenvalue weighted by Gasteiger charge is -2.43. The lowest BCUT2D eigenvalue weighted by molar-refractivity contribution is 0.589. The van der Waals surface area contributed by atoms with Crippen molar-refractivity contribution in [2.75, 3.05) is 22.1 Å². The second-order valence-corrected chi connectivity index (χ2v) is 7.79. The first-order valence-electron chi connectivity index (χ1n) is 8.58. The Hall–Kier alpha value is -1.94. The van der Waals surface area contributed by atoms with Gasteiger partial charge in [0.1, 0.15) is 11.4 Å². The number of thioether (sulfide) groups is 1. The summed E-state index contributed by atoms with van der Waals surface area (Å²) in [7, 11) is 0. The number of rotatable bonds is 2. The number of aryl methyl sites for hydroxylation is 1. The zero-order chi connectivity index (χ0) is 16.4. The number of amidine groups is 1. The van der Waals surface area contributed by atoms with Gasteiger partial charge < -0.3 is 10.6 Å². The number of hydrogen-bond donors (Lipinski definition) is 2. The fraction of sp³-hybridized carbons (Fsp3) is 0.350. The molecule has 0 bridgehead atoms.